The van der Waals surface area contributed by atoms with Gasteiger partial charge in [0.15, 0.2) is 5.96 Å². The lowest BCUT2D eigenvalue weighted by Gasteiger charge is -2.27. The number of nitrogens with two attached hydrogens (primary N) is 1. The zero-order valence-electron chi connectivity index (χ0n) is 10.6. The molecule has 1 saturated heterocycles. The first-order chi connectivity index (χ1) is 8.31. The first-order valence-corrected chi connectivity index (χ1v) is 6.06. The molecule has 0 amide bonds. The number of benzene rings is 1. The van der Waals surface area contributed by atoms with Gasteiger partial charge in [-0.1, -0.05) is 25.1 Å². The predicted molar refractivity (Wildman–Crippen MR) is 84.9 cm³/mol. The highest BCUT2D eigenvalue weighted by molar-refractivity contribution is 14.0. The standard InChI is InChI=1S/C13H19N3O.HI/c1-2-11-5-3-4-6-12(11)15-13(14)16-7-9-17-10-8-16;/h3-6H,2,7-10H2,1H3,(H2,14,15);1H. The SMILES string of the molecule is CCc1ccccc1N=C(N)N1CCOCC1.I. The Hall–Kier alpha value is -0.820. The summed E-state index contributed by atoms with van der Waals surface area (Å²) in [6.45, 7) is 5.23. The van der Waals surface area contributed by atoms with Crippen LogP contribution < -0.4 is 5.73 Å². The Balaban J connectivity index is 0.00000162. The Bertz CT molecular complexity index is 403. The van der Waals surface area contributed by atoms with Gasteiger partial charge in [-0.05, 0) is 18.1 Å². The van der Waals surface area contributed by atoms with E-state index in [1.54, 1.807) is 0 Å². The Morgan fingerprint density at radius 3 is 2.67 bits per heavy atom. The Morgan fingerprint density at radius 1 is 1.33 bits per heavy atom. The van der Waals surface area contributed by atoms with Crippen LogP contribution in [0.25, 0.3) is 0 Å². The minimum absolute atomic E-state index is 0. The van der Waals surface area contributed by atoms with Crippen molar-refractivity contribution in [1.29, 1.82) is 0 Å². The number of guanidine groups is 1. The van der Waals surface area contributed by atoms with Gasteiger partial charge in [0.1, 0.15) is 0 Å². The zero-order valence-corrected chi connectivity index (χ0v) is 13.0. The van der Waals surface area contributed by atoms with Gasteiger partial charge in [-0.3, -0.25) is 0 Å². The van der Waals surface area contributed by atoms with Crippen molar-refractivity contribution in [2.45, 2.75) is 13.3 Å². The Morgan fingerprint density at radius 2 is 2.00 bits per heavy atom. The molecule has 0 spiro atoms. The van der Waals surface area contributed by atoms with Crippen molar-refractivity contribution < 1.29 is 4.74 Å². The molecule has 1 aromatic carbocycles. The van der Waals surface area contributed by atoms with Crippen LogP contribution in [0.3, 0.4) is 0 Å². The van der Waals surface area contributed by atoms with Gasteiger partial charge < -0.3 is 15.4 Å². The van der Waals surface area contributed by atoms with E-state index >= 15 is 0 Å². The summed E-state index contributed by atoms with van der Waals surface area (Å²) >= 11 is 0. The molecule has 1 fully saturated rings. The number of hydrogen-bond acceptors (Lipinski definition) is 2. The molecule has 1 heterocycles. The first-order valence-electron chi connectivity index (χ1n) is 6.06. The van der Waals surface area contributed by atoms with E-state index in [0.717, 1.165) is 38.4 Å². The minimum atomic E-state index is 0. The summed E-state index contributed by atoms with van der Waals surface area (Å²) in [7, 11) is 0. The molecular weight excluding hydrogens is 341 g/mol. The van der Waals surface area contributed by atoms with E-state index in [1.807, 2.05) is 18.2 Å². The maximum absolute atomic E-state index is 6.02. The summed E-state index contributed by atoms with van der Waals surface area (Å²) < 4.78 is 5.29. The van der Waals surface area contributed by atoms with Gasteiger partial charge in [0.25, 0.3) is 0 Å². The Labute approximate surface area is 125 Å². The van der Waals surface area contributed by atoms with E-state index in [9.17, 15) is 0 Å². The average Bonchev–Trinajstić information content (AvgIpc) is 2.40. The number of para-hydroxylation sites is 1. The molecule has 0 radical (unpaired) electrons. The molecule has 0 saturated carbocycles. The van der Waals surface area contributed by atoms with Gasteiger partial charge in [-0.15, -0.1) is 24.0 Å². The van der Waals surface area contributed by atoms with Crippen LogP contribution in [-0.4, -0.2) is 37.2 Å². The fourth-order valence-corrected chi connectivity index (χ4v) is 1.91. The highest BCUT2D eigenvalue weighted by Gasteiger charge is 2.12. The fourth-order valence-electron chi connectivity index (χ4n) is 1.91. The largest absolute Gasteiger partial charge is 0.378 e. The third-order valence-electron chi connectivity index (χ3n) is 2.94. The zero-order chi connectivity index (χ0) is 12.1. The highest BCUT2D eigenvalue weighted by Crippen LogP contribution is 2.19. The van der Waals surface area contributed by atoms with Gasteiger partial charge >= 0.3 is 0 Å². The lowest BCUT2D eigenvalue weighted by Crippen LogP contribution is -2.44. The van der Waals surface area contributed by atoms with Crippen molar-refractivity contribution in [1.82, 2.24) is 4.90 Å². The summed E-state index contributed by atoms with van der Waals surface area (Å²) in [6.07, 6.45) is 0.968. The van der Waals surface area contributed by atoms with Crippen molar-refractivity contribution in [3.63, 3.8) is 0 Å². The molecule has 5 heteroatoms. The monoisotopic (exact) mass is 361 g/mol. The molecule has 100 valence electrons. The van der Waals surface area contributed by atoms with E-state index in [4.69, 9.17) is 10.5 Å². The smallest absolute Gasteiger partial charge is 0.196 e. The molecule has 1 aliphatic rings. The molecular formula is C13H20IN3O. The summed E-state index contributed by atoms with van der Waals surface area (Å²) in [5.74, 6) is 0.592. The van der Waals surface area contributed by atoms with Gasteiger partial charge in [0.2, 0.25) is 0 Å². The first kappa shape index (κ1) is 15.2. The fraction of sp³-hybridized carbons (Fsp3) is 0.462. The minimum Gasteiger partial charge on any atom is -0.378 e. The molecule has 2 N–H and O–H groups in total. The molecule has 4 nitrogen and oxygen atoms in total. The quantitative estimate of drug-likeness (QED) is 0.499. The number of halogens is 1. The number of morpholine rings is 1. The van der Waals surface area contributed by atoms with Gasteiger partial charge in [0.05, 0.1) is 18.9 Å². The summed E-state index contributed by atoms with van der Waals surface area (Å²) in [6, 6.07) is 8.12. The lowest BCUT2D eigenvalue weighted by atomic mass is 10.1. The second kappa shape index (κ2) is 7.58. The number of hydrogen-bond donors (Lipinski definition) is 1. The molecule has 1 aliphatic heterocycles. The van der Waals surface area contributed by atoms with Gasteiger partial charge in [0, 0.05) is 13.1 Å². The Kier molecular flexibility index (Phi) is 6.42. The molecule has 0 aliphatic carbocycles. The van der Waals surface area contributed by atoms with Crippen LogP contribution in [0.1, 0.15) is 12.5 Å². The number of rotatable bonds is 2. The topological polar surface area (TPSA) is 50.8 Å². The summed E-state index contributed by atoms with van der Waals surface area (Å²) in [5, 5.41) is 0. The molecule has 2 rings (SSSR count). The van der Waals surface area contributed by atoms with Gasteiger partial charge in [-0.25, -0.2) is 4.99 Å². The van der Waals surface area contributed by atoms with Crippen LogP contribution in [0.4, 0.5) is 5.69 Å². The maximum atomic E-state index is 6.02. The predicted octanol–water partition coefficient (Wildman–Crippen LogP) is 2.15. The number of nitrogens with zero attached hydrogens (tertiary/aromatic N) is 2. The van der Waals surface area contributed by atoms with E-state index < -0.39 is 0 Å². The number of aliphatic imine (C=N–C) groups is 1. The lowest BCUT2D eigenvalue weighted by molar-refractivity contribution is 0.0675. The third-order valence-corrected chi connectivity index (χ3v) is 2.94. The summed E-state index contributed by atoms with van der Waals surface area (Å²) in [4.78, 5) is 6.58. The van der Waals surface area contributed by atoms with Crippen LogP contribution in [0.15, 0.2) is 29.3 Å². The van der Waals surface area contributed by atoms with Crippen molar-refractivity contribution >= 4 is 35.6 Å². The molecule has 0 bridgehead atoms. The van der Waals surface area contributed by atoms with E-state index in [0.29, 0.717) is 5.96 Å². The second-order valence-corrected chi connectivity index (χ2v) is 4.05. The number of aryl methyl sites for hydroxylation is 1. The van der Waals surface area contributed by atoms with E-state index in [1.165, 1.54) is 5.56 Å². The number of ether oxygens (including phenoxy) is 1. The van der Waals surface area contributed by atoms with Crippen LogP contribution in [0, 0.1) is 0 Å². The van der Waals surface area contributed by atoms with Crippen molar-refractivity contribution in [2.24, 2.45) is 10.7 Å². The molecule has 1 aromatic rings. The second-order valence-electron chi connectivity index (χ2n) is 4.05. The average molecular weight is 361 g/mol. The maximum Gasteiger partial charge on any atom is 0.196 e. The van der Waals surface area contributed by atoms with Crippen molar-refractivity contribution in [3.05, 3.63) is 29.8 Å². The van der Waals surface area contributed by atoms with Crippen LogP contribution in [0.5, 0.6) is 0 Å². The summed E-state index contributed by atoms with van der Waals surface area (Å²) in [5.41, 5.74) is 8.22. The third kappa shape index (κ3) is 3.84. The van der Waals surface area contributed by atoms with E-state index in [2.05, 4.69) is 22.9 Å². The highest BCUT2D eigenvalue weighted by atomic mass is 127. The van der Waals surface area contributed by atoms with Crippen molar-refractivity contribution in [2.75, 3.05) is 26.3 Å². The van der Waals surface area contributed by atoms with Crippen LogP contribution >= 0.6 is 24.0 Å². The van der Waals surface area contributed by atoms with Crippen LogP contribution in [0.2, 0.25) is 0 Å². The molecule has 0 atom stereocenters. The molecule has 0 aromatic heterocycles. The van der Waals surface area contributed by atoms with E-state index in [-0.39, 0.29) is 24.0 Å². The molecule has 0 unspecified atom stereocenters. The van der Waals surface area contributed by atoms with Crippen molar-refractivity contribution in [3.8, 4) is 0 Å². The van der Waals surface area contributed by atoms with Gasteiger partial charge in [-0.2, -0.15) is 0 Å². The normalized spacial score (nSPS) is 16.3. The van der Waals surface area contributed by atoms with Crippen LogP contribution in [-0.2, 0) is 11.2 Å². The molecule has 18 heavy (non-hydrogen) atoms.